The topological polar surface area (TPSA) is 73.4 Å². The molecule has 100 valence electrons. The fourth-order valence-electron chi connectivity index (χ4n) is 2.14. The number of anilines is 1. The summed E-state index contributed by atoms with van der Waals surface area (Å²) in [5.74, 6) is 1.05. The van der Waals surface area contributed by atoms with E-state index in [1.807, 2.05) is 7.05 Å². The number of rotatable bonds is 4. The van der Waals surface area contributed by atoms with Gasteiger partial charge < -0.3 is 15.4 Å². The molecule has 1 saturated heterocycles. The summed E-state index contributed by atoms with van der Waals surface area (Å²) in [7, 11) is 1.84. The van der Waals surface area contributed by atoms with Gasteiger partial charge in [0.15, 0.2) is 0 Å². The summed E-state index contributed by atoms with van der Waals surface area (Å²) < 4.78 is 6.88. The van der Waals surface area contributed by atoms with E-state index in [1.54, 1.807) is 21.8 Å². The van der Waals surface area contributed by atoms with E-state index in [4.69, 9.17) is 10.5 Å². The molecular formula is C12H20N4O2. The normalized spacial score (nSPS) is 16.7. The molecule has 1 aromatic heterocycles. The molecule has 1 aromatic rings. The van der Waals surface area contributed by atoms with Crippen molar-refractivity contribution in [3.8, 4) is 0 Å². The maximum Gasteiger partial charge on any atom is 0.244 e. The highest BCUT2D eigenvalue weighted by Crippen LogP contribution is 2.15. The maximum atomic E-state index is 12.0. The summed E-state index contributed by atoms with van der Waals surface area (Å²) in [5.41, 5.74) is 5.51. The SMILES string of the molecule is CN(CC1CCOCC1)C(=O)Cn1ccc(N)n1. The van der Waals surface area contributed by atoms with Crippen LogP contribution in [-0.4, -0.2) is 47.4 Å². The molecule has 6 nitrogen and oxygen atoms in total. The molecule has 0 bridgehead atoms. The first-order valence-corrected chi connectivity index (χ1v) is 6.26. The van der Waals surface area contributed by atoms with Crippen molar-refractivity contribution in [1.82, 2.24) is 14.7 Å². The molecule has 2 N–H and O–H groups in total. The molecule has 0 atom stereocenters. The highest BCUT2D eigenvalue weighted by atomic mass is 16.5. The minimum Gasteiger partial charge on any atom is -0.382 e. The van der Waals surface area contributed by atoms with Gasteiger partial charge in [0.2, 0.25) is 5.91 Å². The van der Waals surface area contributed by atoms with Gasteiger partial charge in [-0.1, -0.05) is 0 Å². The van der Waals surface area contributed by atoms with E-state index in [1.165, 1.54) is 0 Å². The standard InChI is InChI=1S/C12H20N4O2/c1-15(8-10-3-6-18-7-4-10)12(17)9-16-5-2-11(13)14-16/h2,5,10H,3-4,6-9H2,1H3,(H2,13,14). The quantitative estimate of drug-likeness (QED) is 0.839. The molecule has 0 aromatic carbocycles. The summed E-state index contributed by atoms with van der Waals surface area (Å²) in [4.78, 5) is 13.8. The number of amides is 1. The first-order valence-electron chi connectivity index (χ1n) is 6.26. The van der Waals surface area contributed by atoms with Crippen molar-refractivity contribution in [3.63, 3.8) is 0 Å². The van der Waals surface area contributed by atoms with Crippen LogP contribution in [0.1, 0.15) is 12.8 Å². The summed E-state index contributed by atoms with van der Waals surface area (Å²) >= 11 is 0. The average Bonchev–Trinajstić information content (AvgIpc) is 2.76. The smallest absolute Gasteiger partial charge is 0.244 e. The van der Waals surface area contributed by atoms with Crippen LogP contribution >= 0.6 is 0 Å². The fourth-order valence-corrected chi connectivity index (χ4v) is 2.14. The van der Waals surface area contributed by atoms with Crippen LogP contribution in [0, 0.1) is 5.92 Å². The molecule has 0 spiro atoms. The second-order valence-corrected chi connectivity index (χ2v) is 4.77. The Morgan fingerprint density at radius 2 is 2.33 bits per heavy atom. The number of carbonyl (C=O) groups is 1. The lowest BCUT2D eigenvalue weighted by molar-refractivity contribution is -0.131. The number of carbonyl (C=O) groups excluding carboxylic acids is 1. The average molecular weight is 252 g/mol. The molecule has 2 rings (SSSR count). The lowest BCUT2D eigenvalue weighted by Gasteiger charge is -2.27. The van der Waals surface area contributed by atoms with E-state index in [9.17, 15) is 4.79 Å². The van der Waals surface area contributed by atoms with E-state index in [-0.39, 0.29) is 12.5 Å². The lowest BCUT2D eigenvalue weighted by atomic mass is 10.00. The van der Waals surface area contributed by atoms with Crippen LogP contribution in [0.25, 0.3) is 0 Å². The van der Waals surface area contributed by atoms with Crippen LogP contribution in [0.2, 0.25) is 0 Å². The zero-order valence-electron chi connectivity index (χ0n) is 10.7. The van der Waals surface area contributed by atoms with Crippen LogP contribution in [0.3, 0.4) is 0 Å². The molecular weight excluding hydrogens is 232 g/mol. The zero-order valence-corrected chi connectivity index (χ0v) is 10.7. The van der Waals surface area contributed by atoms with Crippen molar-refractivity contribution >= 4 is 11.7 Å². The van der Waals surface area contributed by atoms with Crippen LogP contribution in [0.4, 0.5) is 5.82 Å². The van der Waals surface area contributed by atoms with Crippen molar-refractivity contribution in [2.24, 2.45) is 5.92 Å². The maximum absolute atomic E-state index is 12.0. The number of ether oxygens (including phenoxy) is 1. The Balaban J connectivity index is 1.80. The van der Waals surface area contributed by atoms with Gasteiger partial charge >= 0.3 is 0 Å². The number of nitrogens with two attached hydrogens (primary N) is 1. The summed E-state index contributed by atoms with van der Waals surface area (Å²) in [5, 5.41) is 4.01. The van der Waals surface area contributed by atoms with Crippen molar-refractivity contribution < 1.29 is 9.53 Å². The van der Waals surface area contributed by atoms with Gasteiger partial charge in [0.1, 0.15) is 12.4 Å². The Bertz CT molecular complexity index is 399. The molecule has 18 heavy (non-hydrogen) atoms. The predicted molar refractivity (Wildman–Crippen MR) is 67.8 cm³/mol. The van der Waals surface area contributed by atoms with E-state index in [0.29, 0.717) is 11.7 Å². The third-order valence-corrected chi connectivity index (χ3v) is 3.26. The van der Waals surface area contributed by atoms with E-state index in [2.05, 4.69) is 5.10 Å². The molecule has 1 aliphatic heterocycles. The molecule has 0 unspecified atom stereocenters. The Labute approximate surface area is 107 Å². The fraction of sp³-hybridized carbons (Fsp3) is 0.667. The number of hydrogen-bond acceptors (Lipinski definition) is 4. The van der Waals surface area contributed by atoms with Crippen molar-refractivity contribution in [1.29, 1.82) is 0 Å². The van der Waals surface area contributed by atoms with Gasteiger partial charge in [-0.2, -0.15) is 5.10 Å². The van der Waals surface area contributed by atoms with Crippen molar-refractivity contribution in [2.45, 2.75) is 19.4 Å². The molecule has 0 radical (unpaired) electrons. The van der Waals surface area contributed by atoms with Gasteiger partial charge in [0.25, 0.3) is 0 Å². The van der Waals surface area contributed by atoms with Gasteiger partial charge in [-0.25, -0.2) is 0 Å². The van der Waals surface area contributed by atoms with Crippen LogP contribution in [0.15, 0.2) is 12.3 Å². The van der Waals surface area contributed by atoms with E-state index in [0.717, 1.165) is 32.6 Å². The predicted octanol–water partition coefficient (Wildman–Crippen LogP) is 0.350. The van der Waals surface area contributed by atoms with Crippen LogP contribution in [-0.2, 0) is 16.1 Å². The first-order chi connectivity index (χ1) is 8.65. The number of nitrogen functional groups attached to an aromatic ring is 1. The molecule has 2 heterocycles. The Morgan fingerprint density at radius 3 is 2.94 bits per heavy atom. The third kappa shape index (κ3) is 3.46. The number of likely N-dealkylation sites (N-methyl/N-ethyl adjacent to an activating group) is 1. The summed E-state index contributed by atoms with van der Waals surface area (Å²) in [6.07, 6.45) is 3.79. The van der Waals surface area contributed by atoms with Gasteiger partial charge in [-0.15, -0.1) is 0 Å². The minimum absolute atomic E-state index is 0.0598. The molecule has 6 heteroatoms. The van der Waals surface area contributed by atoms with Gasteiger partial charge in [-0.3, -0.25) is 9.48 Å². The monoisotopic (exact) mass is 252 g/mol. The molecule has 1 amide bonds. The highest BCUT2D eigenvalue weighted by molar-refractivity contribution is 5.75. The summed E-state index contributed by atoms with van der Waals surface area (Å²) in [6, 6.07) is 1.69. The molecule has 0 saturated carbocycles. The Hall–Kier alpha value is -1.56. The number of hydrogen-bond donors (Lipinski definition) is 1. The van der Waals surface area contributed by atoms with Crippen molar-refractivity contribution in [3.05, 3.63) is 12.3 Å². The number of nitrogens with zero attached hydrogens (tertiary/aromatic N) is 3. The van der Waals surface area contributed by atoms with Crippen molar-refractivity contribution in [2.75, 3.05) is 32.5 Å². The Kier molecular flexibility index (Phi) is 4.19. The van der Waals surface area contributed by atoms with Gasteiger partial charge in [-0.05, 0) is 24.8 Å². The van der Waals surface area contributed by atoms with Crippen LogP contribution < -0.4 is 5.73 Å². The molecule has 0 aliphatic carbocycles. The second kappa shape index (κ2) is 5.86. The largest absolute Gasteiger partial charge is 0.382 e. The van der Waals surface area contributed by atoms with E-state index < -0.39 is 0 Å². The molecule has 1 fully saturated rings. The van der Waals surface area contributed by atoms with Crippen LogP contribution in [0.5, 0.6) is 0 Å². The minimum atomic E-state index is 0.0598. The highest BCUT2D eigenvalue weighted by Gasteiger charge is 2.18. The summed E-state index contributed by atoms with van der Waals surface area (Å²) in [6.45, 7) is 2.65. The molecule has 1 aliphatic rings. The second-order valence-electron chi connectivity index (χ2n) is 4.77. The van der Waals surface area contributed by atoms with E-state index >= 15 is 0 Å². The first kappa shape index (κ1) is 12.9. The van der Waals surface area contributed by atoms with Gasteiger partial charge in [0, 0.05) is 33.0 Å². The third-order valence-electron chi connectivity index (χ3n) is 3.26. The Morgan fingerprint density at radius 1 is 1.61 bits per heavy atom. The van der Waals surface area contributed by atoms with Gasteiger partial charge in [0.05, 0.1) is 0 Å². The zero-order chi connectivity index (χ0) is 13.0. The lowest BCUT2D eigenvalue weighted by Crippen LogP contribution is -2.36. The number of aromatic nitrogens is 2.